The van der Waals surface area contributed by atoms with Crippen LogP contribution in [0.2, 0.25) is 10.0 Å². The predicted octanol–water partition coefficient (Wildman–Crippen LogP) is 5.81. The van der Waals surface area contributed by atoms with Crippen LogP contribution in [0.1, 0.15) is 15.9 Å². The predicted molar refractivity (Wildman–Crippen MR) is 136 cm³/mol. The van der Waals surface area contributed by atoms with Crippen molar-refractivity contribution in [1.82, 2.24) is 0 Å². The van der Waals surface area contributed by atoms with Gasteiger partial charge in [0.15, 0.2) is 5.78 Å². The zero-order valence-electron chi connectivity index (χ0n) is 17.9. The first-order chi connectivity index (χ1) is 16.6. The highest BCUT2D eigenvalue weighted by Gasteiger charge is 2.37. The van der Waals surface area contributed by atoms with Gasteiger partial charge < -0.3 is 0 Å². The molecule has 0 atom stereocenters. The molecule has 0 fully saturated rings. The Kier molecular flexibility index (Phi) is 7.00. The van der Waals surface area contributed by atoms with Crippen molar-refractivity contribution >= 4 is 54.7 Å². The molecule has 0 radical (unpaired) electrons. The minimum absolute atomic E-state index is 0.167. The number of ketones is 1. The molecule has 0 amide bonds. The summed E-state index contributed by atoms with van der Waals surface area (Å²) in [7, 11) is -9.21. The summed E-state index contributed by atoms with van der Waals surface area (Å²) in [4.78, 5) is 12.2. The molecule has 6 nitrogen and oxygen atoms in total. The molecule has 0 spiro atoms. The molecule has 4 aromatic carbocycles. The molecule has 0 heterocycles. The standard InChI is InChI=1S/C25H17Cl2NO5S2/c26-20-8-14-23(15-9-20)34(30,31)28(35(32,33)24-16-10-21(27)11-17-24)22-12-6-19(7-13-22)25(29)18-4-2-1-3-5-18/h1-17H. The largest absolute Gasteiger partial charge is 0.289 e. The lowest BCUT2D eigenvalue weighted by atomic mass is 10.0. The van der Waals surface area contributed by atoms with Crippen LogP contribution in [-0.2, 0) is 20.0 Å². The Hall–Kier alpha value is -3.17. The van der Waals surface area contributed by atoms with Crippen LogP contribution in [0.25, 0.3) is 0 Å². The third-order valence-corrected chi connectivity index (χ3v) is 9.75. The van der Waals surface area contributed by atoms with E-state index in [1.54, 1.807) is 30.3 Å². The number of hydrogen-bond acceptors (Lipinski definition) is 5. The van der Waals surface area contributed by atoms with Gasteiger partial charge in [0.2, 0.25) is 0 Å². The highest BCUT2D eigenvalue weighted by atomic mass is 35.5. The Morgan fingerprint density at radius 1 is 0.543 bits per heavy atom. The minimum Gasteiger partial charge on any atom is -0.289 e. The van der Waals surface area contributed by atoms with E-state index in [0.717, 1.165) is 0 Å². The van der Waals surface area contributed by atoms with Gasteiger partial charge in [0.1, 0.15) is 0 Å². The Morgan fingerprint density at radius 2 is 0.943 bits per heavy atom. The third kappa shape index (κ3) is 5.11. The van der Waals surface area contributed by atoms with E-state index in [1.807, 2.05) is 0 Å². The maximum absolute atomic E-state index is 13.6. The van der Waals surface area contributed by atoms with Crippen LogP contribution in [0.4, 0.5) is 5.69 Å². The Balaban J connectivity index is 1.84. The summed E-state index contributed by atoms with van der Waals surface area (Å²) in [5.41, 5.74) is 0.548. The lowest BCUT2D eigenvalue weighted by molar-refractivity contribution is 0.103. The zero-order valence-corrected chi connectivity index (χ0v) is 21.0. The van der Waals surface area contributed by atoms with Gasteiger partial charge in [-0.25, -0.2) is 16.8 Å². The van der Waals surface area contributed by atoms with Gasteiger partial charge in [-0.2, -0.15) is 3.71 Å². The van der Waals surface area contributed by atoms with Crippen LogP contribution in [0.5, 0.6) is 0 Å². The molecule has 0 aliphatic rings. The van der Waals surface area contributed by atoms with E-state index in [-0.39, 0.29) is 26.8 Å². The molecule has 0 saturated carbocycles. The van der Waals surface area contributed by atoms with Crippen LogP contribution in [0, 0.1) is 0 Å². The lowest BCUT2D eigenvalue weighted by Crippen LogP contribution is -2.37. The summed E-state index contributed by atoms with van der Waals surface area (Å²) in [5, 5.41) is 0.583. The van der Waals surface area contributed by atoms with Gasteiger partial charge >= 0.3 is 0 Å². The fourth-order valence-electron chi connectivity index (χ4n) is 3.30. The summed E-state index contributed by atoms with van der Waals surface area (Å²) >= 11 is 11.8. The molecule has 178 valence electrons. The third-order valence-electron chi connectivity index (χ3n) is 5.04. The second-order valence-electron chi connectivity index (χ2n) is 7.36. The van der Waals surface area contributed by atoms with E-state index in [2.05, 4.69) is 0 Å². The van der Waals surface area contributed by atoms with Crippen molar-refractivity contribution in [2.45, 2.75) is 9.79 Å². The van der Waals surface area contributed by atoms with Crippen molar-refractivity contribution in [2.24, 2.45) is 0 Å². The lowest BCUT2D eigenvalue weighted by Gasteiger charge is -2.24. The maximum Gasteiger partial charge on any atom is 0.277 e. The summed E-state index contributed by atoms with van der Waals surface area (Å²) in [5.74, 6) is -0.287. The van der Waals surface area contributed by atoms with Crippen LogP contribution < -0.4 is 3.71 Å². The topological polar surface area (TPSA) is 88.6 Å². The Labute approximate surface area is 213 Å². The second-order valence-corrected chi connectivity index (χ2v) is 12.0. The zero-order chi connectivity index (χ0) is 25.2. The Morgan fingerprint density at radius 3 is 1.37 bits per heavy atom. The van der Waals surface area contributed by atoms with Crippen molar-refractivity contribution < 1.29 is 21.6 Å². The highest BCUT2D eigenvalue weighted by Crippen LogP contribution is 2.32. The minimum atomic E-state index is -4.60. The molecule has 0 unspecified atom stereocenters. The molecule has 10 heteroatoms. The van der Waals surface area contributed by atoms with E-state index in [1.165, 1.54) is 72.8 Å². The van der Waals surface area contributed by atoms with Gasteiger partial charge in [-0.1, -0.05) is 53.5 Å². The van der Waals surface area contributed by atoms with E-state index in [9.17, 15) is 21.6 Å². The summed E-state index contributed by atoms with van der Waals surface area (Å²) in [6.07, 6.45) is 0. The van der Waals surface area contributed by atoms with Crippen molar-refractivity contribution in [3.8, 4) is 0 Å². The number of rotatable bonds is 7. The highest BCUT2D eigenvalue weighted by molar-refractivity contribution is 8.10. The van der Waals surface area contributed by atoms with Crippen LogP contribution in [0.15, 0.2) is 113 Å². The average Bonchev–Trinajstić information content (AvgIpc) is 2.85. The SMILES string of the molecule is O=C(c1ccccc1)c1ccc(N(S(=O)(=O)c2ccc(Cl)cc2)S(=O)(=O)c2ccc(Cl)cc2)cc1. The molecular weight excluding hydrogens is 529 g/mol. The first kappa shape index (κ1) is 24.9. The molecule has 0 saturated heterocycles. The van der Waals surface area contributed by atoms with Gasteiger partial charge in [-0.05, 0) is 72.8 Å². The van der Waals surface area contributed by atoms with E-state index < -0.39 is 20.0 Å². The normalized spacial score (nSPS) is 11.7. The number of anilines is 1. The van der Waals surface area contributed by atoms with E-state index in [0.29, 0.717) is 19.3 Å². The molecule has 0 aliphatic carbocycles. The maximum atomic E-state index is 13.6. The van der Waals surface area contributed by atoms with Gasteiger partial charge in [-0.3, -0.25) is 4.79 Å². The monoisotopic (exact) mass is 545 g/mol. The number of carbonyl (C=O) groups is 1. The smallest absolute Gasteiger partial charge is 0.277 e. The van der Waals surface area contributed by atoms with Crippen molar-refractivity contribution in [3.05, 3.63) is 124 Å². The molecule has 0 N–H and O–H groups in total. The number of hydrogen-bond donors (Lipinski definition) is 0. The second kappa shape index (κ2) is 9.83. The molecule has 4 aromatic rings. The average molecular weight is 546 g/mol. The molecular formula is C25H17Cl2NO5S2. The Bertz CT molecular complexity index is 1500. The first-order valence-electron chi connectivity index (χ1n) is 10.1. The van der Waals surface area contributed by atoms with Gasteiger partial charge in [-0.15, -0.1) is 0 Å². The summed E-state index contributed by atoms with van der Waals surface area (Å²) in [6, 6.07) is 24.1. The van der Waals surface area contributed by atoms with Crippen molar-refractivity contribution in [1.29, 1.82) is 0 Å². The van der Waals surface area contributed by atoms with Crippen molar-refractivity contribution in [3.63, 3.8) is 0 Å². The van der Waals surface area contributed by atoms with Crippen molar-refractivity contribution in [2.75, 3.05) is 3.71 Å². The summed E-state index contributed by atoms with van der Waals surface area (Å²) in [6.45, 7) is 0. The van der Waals surface area contributed by atoms with E-state index >= 15 is 0 Å². The number of sulfonamides is 2. The molecule has 0 aromatic heterocycles. The van der Waals surface area contributed by atoms with Gasteiger partial charge in [0.25, 0.3) is 20.0 Å². The van der Waals surface area contributed by atoms with Crippen LogP contribution in [0.3, 0.4) is 0 Å². The van der Waals surface area contributed by atoms with Gasteiger partial charge in [0, 0.05) is 21.2 Å². The summed E-state index contributed by atoms with van der Waals surface area (Å²) < 4.78 is 54.7. The number of carbonyl (C=O) groups excluding carboxylic acids is 1. The van der Waals surface area contributed by atoms with Crippen LogP contribution in [-0.4, -0.2) is 22.6 Å². The number of benzene rings is 4. The number of nitrogens with zero attached hydrogens (tertiary/aromatic N) is 1. The molecule has 35 heavy (non-hydrogen) atoms. The van der Waals surface area contributed by atoms with E-state index in [4.69, 9.17) is 23.2 Å². The fourth-order valence-corrected chi connectivity index (χ4v) is 7.25. The number of halogens is 2. The first-order valence-corrected chi connectivity index (χ1v) is 13.8. The molecule has 0 aliphatic heterocycles. The molecule has 4 rings (SSSR count). The molecule has 0 bridgehead atoms. The quantitative estimate of drug-likeness (QED) is 0.273. The van der Waals surface area contributed by atoms with Crippen LogP contribution >= 0.6 is 23.2 Å². The van der Waals surface area contributed by atoms with Gasteiger partial charge in [0.05, 0.1) is 15.5 Å². The fraction of sp³-hybridized carbons (Fsp3) is 0.